The lowest BCUT2D eigenvalue weighted by atomic mass is 10.2. The Morgan fingerprint density at radius 2 is 2.05 bits per heavy atom. The van der Waals surface area contributed by atoms with E-state index in [9.17, 15) is 9.59 Å². The molecule has 96 valence electrons. The molecule has 0 N–H and O–H groups in total. The second kappa shape index (κ2) is 3.57. The Morgan fingerprint density at radius 1 is 1.20 bits per heavy atom. The summed E-state index contributed by atoms with van der Waals surface area (Å²) in [6.07, 6.45) is 4.63. The van der Waals surface area contributed by atoms with Crippen molar-refractivity contribution in [1.82, 2.24) is 19.5 Å². The third-order valence-electron chi connectivity index (χ3n) is 3.35. The van der Waals surface area contributed by atoms with Crippen molar-refractivity contribution in [3.63, 3.8) is 0 Å². The lowest BCUT2D eigenvalue weighted by Crippen LogP contribution is -2.22. The predicted octanol–water partition coefficient (Wildman–Crippen LogP) is 1.03. The summed E-state index contributed by atoms with van der Waals surface area (Å²) < 4.78 is 1.34. The number of nitrogens with zero attached hydrogens (tertiary/aromatic N) is 4. The van der Waals surface area contributed by atoms with Gasteiger partial charge < -0.3 is 0 Å². The summed E-state index contributed by atoms with van der Waals surface area (Å²) in [5, 5.41) is 0.409. The molecule has 3 aromatic heterocycles. The summed E-state index contributed by atoms with van der Waals surface area (Å²) in [7, 11) is 0. The summed E-state index contributed by atoms with van der Waals surface area (Å²) in [5.74, 6) is -0.198. The average Bonchev–Trinajstić information content (AvgIpc) is 2.74. The highest BCUT2D eigenvalue weighted by molar-refractivity contribution is 6.13. The molecule has 6 heteroatoms. The van der Waals surface area contributed by atoms with Crippen LogP contribution in [0.1, 0.15) is 21.7 Å². The number of ketones is 1. The van der Waals surface area contributed by atoms with Crippen molar-refractivity contribution in [3.8, 4) is 5.69 Å². The smallest absolute Gasteiger partial charge is 0.268 e. The highest BCUT2D eigenvalue weighted by Gasteiger charge is 2.30. The quantitative estimate of drug-likeness (QED) is 0.474. The third kappa shape index (κ3) is 1.25. The van der Waals surface area contributed by atoms with E-state index in [2.05, 4.69) is 15.0 Å². The average molecular weight is 264 g/mol. The van der Waals surface area contributed by atoms with Gasteiger partial charge in [-0.2, -0.15) is 0 Å². The SMILES string of the molecule is Cc1cnc2nc3n(c(=O)c2c1)-c1ccncc1C3=O. The minimum Gasteiger partial charge on any atom is -0.285 e. The Balaban J connectivity index is 2.21. The van der Waals surface area contributed by atoms with Gasteiger partial charge in [0, 0.05) is 18.6 Å². The van der Waals surface area contributed by atoms with Crippen molar-refractivity contribution in [1.29, 1.82) is 0 Å². The van der Waals surface area contributed by atoms with Crippen LogP contribution in [0.4, 0.5) is 0 Å². The van der Waals surface area contributed by atoms with E-state index in [1.165, 1.54) is 10.8 Å². The standard InChI is InChI=1S/C14H8N4O2/c1-7-4-8-12(16-5-7)17-13-11(19)9-6-15-3-2-10(9)18(13)14(8)20/h2-6H,1H3. The number of hydrogen-bond acceptors (Lipinski definition) is 5. The monoisotopic (exact) mass is 264 g/mol. The zero-order valence-electron chi connectivity index (χ0n) is 10.5. The molecule has 4 rings (SSSR count). The van der Waals surface area contributed by atoms with Crippen molar-refractivity contribution >= 4 is 16.8 Å². The maximum Gasteiger partial charge on any atom is 0.268 e. The van der Waals surface area contributed by atoms with E-state index in [-0.39, 0.29) is 17.2 Å². The summed E-state index contributed by atoms with van der Waals surface area (Å²) in [6.45, 7) is 1.85. The van der Waals surface area contributed by atoms with E-state index < -0.39 is 0 Å². The van der Waals surface area contributed by atoms with Gasteiger partial charge in [0.1, 0.15) is 0 Å². The van der Waals surface area contributed by atoms with Crippen LogP contribution in [-0.4, -0.2) is 25.3 Å². The number of carbonyl (C=O) groups is 1. The van der Waals surface area contributed by atoms with Crippen molar-refractivity contribution in [2.45, 2.75) is 6.92 Å². The number of rotatable bonds is 0. The fraction of sp³-hybridized carbons (Fsp3) is 0.0714. The molecule has 0 unspecified atom stereocenters. The molecular formula is C14H8N4O2. The first-order valence-corrected chi connectivity index (χ1v) is 6.05. The second-order valence-corrected chi connectivity index (χ2v) is 4.68. The summed E-state index contributed by atoms with van der Waals surface area (Å²) in [5.41, 5.74) is 1.81. The van der Waals surface area contributed by atoms with Gasteiger partial charge in [-0.15, -0.1) is 0 Å². The second-order valence-electron chi connectivity index (χ2n) is 4.68. The van der Waals surface area contributed by atoms with Gasteiger partial charge in [0.2, 0.25) is 5.78 Å². The van der Waals surface area contributed by atoms with Crippen molar-refractivity contribution in [2.24, 2.45) is 0 Å². The van der Waals surface area contributed by atoms with Gasteiger partial charge >= 0.3 is 0 Å². The molecule has 3 aromatic rings. The minimum atomic E-state index is -0.297. The van der Waals surface area contributed by atoms with E-state index in [0.717, 1.165) is 5.56 Å². The van der Waals surface area contributed by atoms with E-state index in [1.54, 1.807) is 24.5 Å². The van der Waals surface area contributed by atoms with Gasteiger partial charge in [0.05, 0.1) is 16.6 Å². The van der Waals surface area contributed by atoms with Crippen LogP contribution < -0.4 is 5.56 Å². The Bertz CT molecular complexity index is 959. The number of aromatic nitrogens is 4. The third-order valence-corrected chi connectivity index (χ3v) is 3.35. The first-order chi connectivity index (χ1) is 9.66. The van der Waals surface area contributed by atoms with Gasteiger partial charge in [0.25, 0.3) is 5.56 Å². The van der Waals surface area contributed by atoms with Gasteiger partial charge in [0.15, 0.2) is 11.5 Å². The van der Waals surface area contributed by atoms with Crippen LogP contribution in [0.2, 0.25) is 0 Å². The summed E-state index contributed by atoms with van der Waals surface area (Å²) in [4.78, 5) is 37.1. The van der Waals surface area contributed by atoms with E-state index >= 15 is 0 Å². The normalized spacial score (nSPS) is 12.6. The van der Waals surface area contributed by atoms with Crippen LogP contribution in [0.3, 0.4) is 0 Å². The summed E-state index contributed by atoms with van der Waals surface area (Å²) in [6, 6.07) is 3.37. The summed E-state index contributed by atoms with van der Waals surface area (Å²) >= 11 is 0. The molecule has 0 spiro atoms. The topological polar surface area (TPSA) is 77.7 Å². The van der Waals surface area contributed by atoms with Crippen molar-refractivity contribution in [3.05, 3.63) is 58.0 Å². The fourth-order valence-electron chi connectivity index (χ4n) is 2.43. The molecule has 0 amide bonds. The highest BCUT2D eigenvalue weighted by atomic mass is 16.1. The largest absolute Gasteiger partial charge is 0.285 e. The lowest BCUT2D eigenvalue weighted by molar-refractivity contribution is 0.103. The molecule has 1 aliphatic rings. The zero-order chi connectivity index (χ0) is 13.9. The van der Waals surface area contributed by atoms with Crippen LogP contribution in [-0.2, 0) is 0 Å². The number of carbonyl (C=O) groups excluding carboxylic acids is 1. The molecule has 0 saturated heterocycles. The van der Waals surface area contributed by atoms with Gasteiger partial charge in [-0.25, -0.2) is 9.97 Å². The van der Waals surface area contributed by atoms with Crippen LogP contribution in [0.15, 0.2) is 35.5 Å². The molecule has 0 radical (unpaired) electrons. The van der Waals surface area contributed by atoms with E-state index in [0.29, 0.717) is 22.3 Å². The number of pyridine rings is 2. The molecule has 0 saturated carbocycles. The molecule has 0 bridgehead atoms. The number of aryl methyl sites for hydroxylation is 1. The van der Waals surface area contributed by atoms with Gasteiger partial charge in [-0.1, -0.05) is 0 Å². The van der Waals surface area contributed by atoms with Crippen LogP contribution in [0.5, 0.6) is 0 Å². The number of fused-ring (bicyclic) bond motifs is 4. The Labute approximate surface area is 112 Å². The molecule has 20 heavy (non-hydrogen) atoms. The van der Waals surface area contributed by atoms with E-state index in [1.807, 2.05) is 6.92 Å². The molecule has 6 nitrogen and oxygen atoms in total. The maximum atomic E-state index is 12.6. The van der Waals surface area contributed by atoms with Crippen LogP contribution in [0, 0.1) is 6.92 Å². The van der Waals surface area contributed by atoms with Crippen LogP contribution >= 0.6 is 0 Å². The van der Waals surface area contributed by atoms with E-state index in [4.69, 9.17) is 0 Å². The molecule has 0 atom stereocenters. The highest BCUT2D eigenvalue weighted by Crippen LogP contribution is 2.24. The van der Waals surface area contributed by atoms with Crippen molar-refractivity contribution < 1.29 is 4.79 Å². The predicted molar refractivity (Wildman–Crippen MR) is 71.1 cm³/mol. The Hall–Kier alpha value is -2.89. The Morgan fingerprint density at radius 3 is 2.90 bits per heavy atom. The van der Waals surface area contributed by atoms with Gasteiger partial charge in [-0.3, -0.25) is 19.1 Å². The number of hydrogen-bond donors (Lipinski definition) is 0. The van der Waals surface area contributed by atoms with Crippen molar-refractivity contribution in [2.75, 3.05) is 0 Å². The molecule has 1 aliphatic heterocycles. The molecule has 0 aliphatic carbocycles. The molecule has 0 aromatic carbocycles. The van der Waals surface area contributed by atoms with Gasteiger partial charge in [-0.05, 0) is 24.6 Å². The lowest BCUT2D eigenvalue weighted by Gasteiger charge is -2.04. The molecule has 4 heterocycles. The minimum absolute atomic E-state index is 0.0989. The Kier molecular flexibility index (Phi) is 1.96. The molecule has 0 fully saturated rings. The maximum absolute atomic E-state index is 12.6. The first-order valence-electron chi connectivity index (χ1n) is 6.05. The fourth-order valence-corrected chi connectivity index (χ4v) is 2.43. The molecular weight excluding hydrogens is 256 g/mol. The zero-order valence-corrected chi connectivity index (χ0v) is 10.5. The van der Waals surface area contributed by atoms with Crippen LogP contribution in [0.25, 0.3) is 16.7 Å². The first kappa shape index (κ1) is 11.0.